The summed E-state index contributed by atoms with van der Waals surface area (Å²) in [5.74, 6) is -1.50. The highest BCUT2D eigenvalue weighted by molar-refractivity contribution is 6.53. The van der Waals surface area contributed by atoms with E-state index in [0.717, 1.165) is 28.9 Å². The molecule has 0 spiro atoms. The third kappa shape index (κ3) is 4.39. The Hall–Kier alpha value is -3.12. The molecule has 0 radical (unpaired) electrons. The predicted octanol–water partition coefficient (Wildman–Crippen LogP) is 4.70. The molecule has 0 atom stereocenters. The lowest BCUT2D eigenvalue weighted by molar-refractivity contribution is -0.120. The molecule has 0 fully saturated rings. The summed E-state index contributed by atoms with van der Waals surface area (Å²) in [6.07, 6.45) is 1.75. The lowest BCUT2D eigenvalue weighted by atomic mass is 10.1. The van der Waals surface area contributed by atoms with Gasteiger partial charge in [0.2, 0.25) is 0 Å². The van der Waals surface area contributed by atoms with Crippen molar-refractivity contribution in [2.24, 2.45) is 0 Å². The molecule has 2 aromatic rings. The van der Waals surface area contributed by atoms with Crippen LogP contribution in [0.25, 0.3) is 0 Å². The van der Waals surface area contributed by atoms with Crippen molar-refractivity contribution in [2.45, 2.75) is 33.6 Å². The number of benzene rings is 2. The van der Waals surface area contributed by atoms with Crippen molar-refractivity contribution in [3.05, 3.63) is 69.9 Å². The topological polar surface area (TPSA) is 75.7 Å². The summed E-state index contributed by atoms with van der Waals surface area (Å²) in [7, 11) is 0. The Morgan fingerprint density at radius 2 is 1.77 bits per heavy atom. The van der Waals surface area contributed by atoms with Crippen LogP contribution in [0, 0.1) is 13.8 Å². The second-order valence-corrected chi connectivity index (χ2v) is 7.49. The van der Waals surface area contributed by atoms with Crippen LogP contribution in [0.15, 0.2) is 53.2 Å². The summed E-state index contributed by atoms with van der Waals surface area (Å²) in [6, 6.07) is 12.0. The van der Waals surface area contributed by atoms with Crippen LogP contribution in [0.2, 0.25) is 0 Å². The molecule has 6 nitrogen and oxygen atoms in total. The number of hydrogen-bond acceptors (Lipinski definition) is 5. The Morgan fingerprint density at radius 1 is 1.07 bits per heavy atom. The Labute approximate surface area is 180 Å². The lowest BCUT2D eigenvalue weighted by Gasteiger charge is -2.18. The fourth-order valence-electron chi connectivity index (χ4n) is 3.02. The van der Waals surface area contributed by atoms with Gasteiger partial charge in [0.25, 0.3) is 11.8 Å². The molecule has 7 heteroatoms. The Bertz CT molecular complexity index is 1030. The summed E-state index contributed by atoms with van der Waals surface area (Å²) >= 11 is 6.19. The first-order valence-electron chi connectivity index (χ1n) is 9.73. The van der Waals surface area contributed by atoms with Crippen molar-refractivity contribution < 1.29 is 19.1 Å². The number of rotatable bonds is 7. The summed E-state index contributed by atoms with van der Waals surface area (Å²) in [6.45, 7) is 6.11. The highest BCUT2D eigenvalue weighted by atomic mass is 35.5. The average Bonchev–Trinajstić information content (AvgIpc) is 2.94. The molecule has 1 aliphatic heterocycles. The molecule has 0 bridgehead atoms. The number of unbranched alkanes of at least 4 members (excludes halogenated alkanes) is 1. The molecular weight excluding hydrogens is 404 g/mol. The third-order valence-electron chi connectivity index (χ3n) is 4.75. The van der Waals surface area contributed by atoms with Crippen molar-refractivity contribution in [2.75, 3.05) is 16.8 Å². The second-order valence-electron chi connectivity index (χ2n) is 7.12. The normalized spacial score (nSPS) is 13.8. The molecule has 0 saturated carbocycles. The summed E-state index contributed by atoms with van der Waals surface area (Å²) in [4.78, 5) is 38.7. The van der Waals surface area contributed by atoms with Gasteiger partial charge in [0.15, 0.2) is 0 Å². The van der Waals surface area contributed by atoms with Gasteiger partial charge in [-0.1, -0.05) is 37.1 Å². The number of imide groups is 1. The van der Waals surface area contributed by atoms with Crippen LogP contribution in [-0.4, -0.2) is 24.4 Å². The van der Waals surface area contributed by atoms with Crippen molar-refractivity contribution in [3.8, 4) is 0 Å². The van der Waals surface area contributed by atoms with Crippen molar-refractivity contribution in [3.63, 3.8) is 0 Å². The SMILES string of the molecule is CCCCOC(=O)c1ccc(NC2=C(Cl)C(=O)N(c3cc(C)ccc3C)C2=O)cc1. The quantitative estimate of drug-likeness (QED) is 0.394. The lowest BCUT2D eigenvalue weighted by Crippen LogP contribution is -2.32. The number of hydrogen-bond donors (Lipinski definition) is 1. The molecule has 0 unspecified atom stereocenters. The molecular formula is C23H23ClN2O4. The van der Waals surface area contributed by atoms with Gasteiger partial charge in [-0.05, 0) is 61.7 Å². The number of nitrogens with one attached hydrogen (secondary N) is 1. The van der Waals surface area contributed by atoms with Crippen LogP contribution >= 0.6 is 11.6 Å². The number of anilines is 2. The summed E-state index contributed by atoms with van der Waals surface area (Å²) in [5.41, 5.74) is 3.15. The van der Waals surface area contributed by atoms with Crippen LogP contribution < -0.4 is 10.2 Å². The molecule has 2 aromatic carbocycles. The fraction of sp³-hybridized carbons (Fsp3) is 0.261. The van der Waals surface area contributed by atoms with E-state index in [-0.39, 0.29) is 10.7 Å². The molecule has 1 heterocycles. The van der Waals surface area contributed by atoms with Gasteiger partial charge < -0.3 is 10.1 Å². The first-order chi connectivity index (χ1) is 14.3. The van der Waals surface area contributed by atoms with Gasteiger partial charge in [0, 0.05) is 5.69 Å². The van der Waals surface area contributed by atoms with Crippen molar-refractivity contribution in [1.82, 2.24) is 0 Å². The molecule has 2 amide bonds. The minimum absolute atomic E-state index is 0.000783. The Kier molecular flexibility index (Phi) is 6.57. The number of aryl methyl sites for hydroxylation is 2. The molecule has 1 N–H and O–H groups in total. The van der Waals surface area contributed by atoms with Crippen molar-refractivity contribution >= 4 is 40.8 Å². The number of carbonyl (C=O) groups is 3. The van der Waals surface area contributed by atoms with E-state index in [4.69, 9.17) is 16.3 Å². The number of carbonyl (C=O) groups excluding carboxylic acids is 3. The summed E-state index contributed by atoms with van der Waals surface area (Å²) < 4.78 is 5.18. The highest BCUT2D eigenvalue weighted by Gasteiger charge is 2.39. The maximum atomic E-state index is 12.9. The number of esters is 1. The van der Waals surface area contributed by atoms with Gasteiger partial charge in [-0.3, -0.25) is 9.59 Å². The largest absolute Gasteiger partial charge is 0.462 e. The second kappa shape index (κ2) is 9.13. The van der Waals surface area contributed by atoms with Crippen LogP contribution in [0.5, 0.6) is 0 Å². The van der Waals surface area contributed by atoms with Gasteiger partial charge in [-0.25, -0.2) is 9.69 Å². The van der Waals surface area contributed by atoms with E-state index < -0.39 is 17.8 Å². The molecule has 156 valence electrons. The van der Waals surface area contributed by atoms with E-state index in [1.54, 1.807) is 30.3 Å². The zero-order chi connectivity index (χ0) is 21.8. The summed E-state index contributed by atoms with van der Waals surface area (Å²) in [5, 5.41) is 2.73. The van der Waals surface area contributed by atoms with Crippen LogP contribution in [0.4, 0.5) is 11.4 Å². The maximum absolute atomic E-state index is 12.9. The first kappa shape index (κ1) is 21.6. The van der Waals surface area contributed by atoms with Gasteiger partial charge in [0.1, 0.15) is 10.7 Å². The molecule has 0 saturated heterocycles. The minimum Gasteiger partial charge on any atom is -0.462 e. The fourth-order valence-corrected chi connectivity index (χ4v) is 3.23. The van der Waals surface area contributed by atoms with Crippen LogP contribution in [-0.2, 0) is 14.3 Å². The minimum atomic E-state index is -0.575. The van der Waals surface area contributed by atoms with Crippen LogP contribution in [0.1, 0.15) is 41.3 Å². The van der Waals surface area contributed by atoms with Gasteiger partial charge in [0.05, 0.1) is 17.9 Å². The smallest absolute Gasteiger partial charge is 0.338 e. The van der Waals surface area contributed by atoms with E-state index >= 15 is 0 Å². The first-order valence-corrected chi connectivity index (χ1v) is 10.1. The van der Waals surface area contributed by atoms with E-state index in [2.05, 4.69) is 5.32 Å². The number of amides is 2. The molecule has 30 heavy (non-hydrogen) atoms. The molecule has 0 aliphatic carbocycles. The number of ether oxygens (including phenoxy) is 1. The Morgan fingerprint density at radius 3 is 2.43 bits per heavy atom. The van der Waals surface area contributed by atoms with Gasteiger partial charge >= 0.3 is 5.97 Å². The number of nitrogens with zero attached hydrogens (tertiary/aromatic N) is 1. The standard InChI is InChI=1S/C23H23ClN2O4/c1-4-5-12-30-23(29)16-8-10-17(11-9-16)25-20-19(24)21(27)26(22(20)28)18-13-14(2)6-7-15(18)3/h6-11,13,25H,4-5,12H2,1-3H3. The monoisotopic (exact) mass is 426 g/mol. The van der Waals surface area contributed by atoms with E-state index in [1.807, 2.05) is 32.9 Å². The van der Waals surface area contributed by atoms with Gasteiger partial charge in [-0.15, -0.1) is 0 Å². The van der Waals surface area contributed by atoms with Gasteiger partial charge in [-0.2, -0.15) is 0 Å². The Balaban J connectivity index is 1.76. The predicted molar refractivity (Wildman–Crippen MR) is 117 cm³/mol. The van der Waals surface area contributed by atoms with Crippen molar-refractivity contribution in [1.29, 1.82) is 0 Å². The molecule has 0 aromatic heterocycles. The zero-order valence-corrected chi connectivity index (χ0v) is 17.9. The van der Waals surface area contributed by atoms with E-state index in [9.17, 15) is 14.4 Å². The van der Waals surface area contributed by atoms with E-state index in [0.29, 0.717) is 23.5 Å². The molecule has 3 rings (SSSR count). The maximum Gasteiger partial charge on any atom is 0.338 e. The molecule has 1 aliphatic rings. The average molecular weight is 427 g/mol. The number of halogens is 1. The zero-order valence-electron chi connectivity index (χ0n) is 17.1. The van der Waals surface area contributed by atoms with Crippen LogP contribution in [0.3, 0.4) is 0 Å². The highest BCUT2D eigenvalue weighted by Crippen LogP contribution is 2.32. The third-order valence-corrected chi connectivity index (χ3v) is 5.10. The van der Waals surface area contributed by atoms with E-state index in [1.165, 1.54) is 0 Å².